The van der Waals surface area contributed by atoms with Gasteiger partial charge in [0.2, 0.25) is 11.9 Å². The Bertz CT molecular complexity index is 798. The molecule has 0 spiro atoms. The van der Waals surface area contributed by atoms with E-state index in [9.17, 15) is 4.79 Å². The summed E-state index contributed by atoms with van der Waals surface area (Å²) in [6, 6.07) is 11.7. The average Bonchev–Trinajstić information content (AvgIpc) is 3.03. The first-order valence-corrected chi connectivity index (χ1v) is 7.40. The number of aryl methyl sites for hydroxylation is 2. The molecule has 3 aromatic rings. The minimum Gasteiger partial charge on any atom is -0.307 e. The number of carbonyl (C=O) groups is 1. The second-order valence-corrected chi connectivity index (χ2v) is 5.23. The molecule has 0 saturated carbocycles. The molecule has 2 N–H and O–H groups in total. The molecule has 0 unspecified atom stereocenters. The van der Waals surface area contributed by atoms with E-state index in [1.807, 2.05) is 43.3 Å². The third-order valence-corrected chi connectivity index (χ3v) is 3.58. The van der Waals surface area contributed by atoms with Crippen molar-refractivity contribution in [2.45, 2.75) is 19.8 Å². The molecule has 3 rings (SSSR count). The van der Waals surface area contributed by atoms with E-state index in [2.05, 4.69) is 25.5 Å². The topological polar surface area (TPSA) is 83.6 Å². The number of aromatic nitrogens is 4. The van der Waals surface area contributed by atoms with Crippen LogP contribution in [-0.4, -0.2) is 26.1 Å². The predicted molar refractivity (Wildman–Crippen MR) is 87.7 cm³/mol. The van der Waals surface area contributed by atoms with Gasteiger partial charge >= 0.3 is 0 Å². The first kappa shape index (κ1) is 14.9. The van der Waals surface area contributed by atoms with Crippen LogP contribution >= 0.6 is 0 Å². The van der Waals surface area contributed by atoms with E-state index in [-0.39, 0.29) is 5.91 Å². The normalized spacial score (nSPS) is 10.5. The van der Waals surface area contributed by atoms with Crippen molar-refractivity contribution in [2.75, 3.05) is 5.32 Å². The summed E-state index contributed by atoms with van der Waals surface area (Å²) in [5.41, 5.74) is 3.24. The Hall–Kier alpha value is -3.02. The highest BCUT2D eigenvalue weighted by Gasteiger charge is 2.09. The number of anilines is 1. The third kappa shape index (κ3) is 3.79. The van der Waals surface area contributed by atoms with E-state index in [1.165, 1.54) is 11.1 Å². The van der Waals surface area contributed by atoms with Gasteiger partial charge in [-0.1, -0.05) is 24.3 Å². The molecule has 23 heavy (non-hydrogen) atoms. The van der Waals surface area contributed by atoms with Gasteiger partial charge in [0.1, 0.15) is 0 Å². The SMILES string of the molecule is Cc1ccccc1CCC(=O)Nc1nnc(-c2ccncc2)[nH]1. The average molecular weight is 307 g/mol. The molecule has 6 heteroatoms. The second-order valence-electron chi connectivity index (χ2n) is 5.23. The molecule has 0 aliphatic heterocycles. The van der Waals surface area contributed by atoms with Crippen molar-refractivity contribution in [1.82, 2.24) is 20.2 Å². The number of aromatic amines is 1. The van der Waals surface area contributed by atoms with Gasteiger partial charge in [-0.15, -0.1) is 10.2 Å². The van der Waals surface area contributed by atoms with Crippen LogP contribution in [0.5, 0.6) is 0 Å². The fraction of sp³-hybridized carbons (Fsp3) is 0.176. The van der Waals surface area contributed by atoms with Crippen molar-refractivity contribution in [3.8, 4) is 11.4 Å². The largest absolute Gasteiger partial charge is 0.307 e. The molecule has 0 aliphatic rings. The van der Waals surface area contributed by atoms with Gasteiger partial charge in [0.15, 0.2) is 5.82 Å². The van der Waals surface area contributed by atoms with E-state index in [1.54, 1.807) is 12.4 Å². The summed E-state index contributed by atoms with van der Waals surface area (Å²) in [7, 11) is 0. The maximum atomic E-state index is 12.0. The summed E-state index contributed by atoms with van der Waals surface area (Å²) in [6.07, 6.45) is 4.45. The van der Waals surface area contributed by atoms with Crippen molar-refractivity contribution < 1.29 is 4.79 Å². The van der Waals surface area contributed by atoms with E-state index in [0.717, 1.165) is 5.56 Å². The lowest BCUT2D eigenvalue weighted by Crippen LogP contribution is -2.13. The maximum absolute atomic E-state index is 12.0. The molecule has 1 amide bonds. The number of nitrogens with zero attached hydrogens (tertiary/aromatic N) is 3. The number of amides is 1. The summed E-state index contributed by atoms with van der Waals surface area (Å²) >= 11 is 0. The lowest BCUT2D eigenvalue weighted by molar-refractivity contribution is -0.116. The number of H-pyrrole nitrogens is 1. The molecule has 2 aromatic heterocycles. The van der Waals surface area contributed by atoms with Crippen LogP contribution in [0.2, 0.25) is 0 Å². The number of nitrogens with one attached hydrogen (secondary N) is 2. The van der Waals surface area contributed by atoms with Gasteiger partial charge in [0.05, 0.1) is 0 Å². The Balaban J connectivity index is 1.58. The molecular formula is C17H17N5O. The van der Waals surface area contributed by atoms with Crippen LogP contribution in [-0.2, 0) is 11.2 Å². The van der Waals surface area contributed by atoms with Crippen LogP contribution in [0.4, 0.5) is 5.95 Å². The van der Waals surface area contributed by atoms with Crippen molar-refractivity contribution in [2.24, 2.45) is 0 Å². The summed E-state index contributed by atoms with van der Waals surface area (Å²) < 4.78 is 0. The van der Waals surface area contributed by atoms with E-state index in [4.69, 9.17) is 0 Å². The Kier molecular flexibility index (Phi) is 4.42. The minimum absolute atomic E-state index is 0.0920. The zero-order valence-electron chi connectivity index (χ0n) is 12.8. The van der Waals surface area contributed by atoms with Crippen LogP contribution < -0.4 is 5.32 Å². The smallest absolute Gasteiger partial charge is 0.228 e. The van der Waals surface area contributed by atoms with Crippen molar-refractivity contribution in [3.05, 3.63) is 59.9 Å². The molecule has 1 aromatic carbocycles. The number of hydrogen-bond acceptors (Lipinski definition) is 4. The molecule has 0 atom stereocenters. The molecular weight excluding hydrogens is 290 g/mol. The zero-order valence-corrected chi connectivity index (χ0v) is 12.8. The number of rotatable bonds is 5. The van der Waals surface area contributed by atoms with Crippen LogP contribution in [0.1, 0.15) is 17.5 Å². The molecule has 116 valence electrons. The van der Waals surface area contributed by atoms with E-state index >= 15 is 0 Å². The summed E-state index contributed by atoms with van der Waals surface area (Å²) in [6.45, 7) is 2.05. The summed E-state index contributed by atoms with van der Waals surface area (Å²) in [4.78, 5) is 19.0. The lowest BCUT2D eigenvalue weighted by Gasteiger charge is -2.05. The Morgan fingerprint density at radius 1 is 1.13 bits per heavy atom. The van der Waals surface area contributed by atoms with Crippen LogP contribution in [0.25, 0.3) is 11.4 Å². The number of benzene rings is 1. The Morgan fingerprint density at radius 3 is 2.70 bits per heavy atom. The zero-order chi connectivity index (χ0) is 16.1. The van der Waals surface area contributed by atoms with Crippen molar-refractivity contribution in [3.63, 3.8) is 0 Å². The molecule has 2 heterocycles. The molecule has 0 bridgehead atoms. The van der Waals surface area contributed by atoms with Crippen LogP contribution in [0.3, 0.4) is 0 Å². The van der Waals surface area contributed by atoms with Gasteiger partial charge < -0.3 is 4.98 Å². The highest BCUT2D eigenvalue weighted by Crippen LogP contribution is 2.14. The van der Waals surface area contributed by atoms with Crippen LogP contribution in [0, 0.1) is 6.92 Å². The first-order valence-electron chi connectivity index (χ1n) is 7.40. The van der Waals surface area contributed by atoms with Gasteiger partial charge in [0.25, 0.3) is 0 Å². The van der Waals surface area contributed by atoms with Crippen LogP contribution in [0.15, 0.2) is 48.8 Å². The molecule has 0 radical (unpaired) electrons. The van der Waals surface area contributed by atoms with Gasteiger partial charge in [-0.3, -0.25) is 15.1 Å². The second kappa shape index (κ2) is 6.83. The number of pyridine rings is 1. The van der Waals surface area contributed by atoms with Crippen molar-refractivity contribution >= 4 is 11.9 Å². The molecule has 6 nitrogen and oxygen atoms in total. The minimum atomic E-state index is -0.0920. The number of hydrogen-bond donors (Lipinski definition) is 2. The van der Waals surface area contributed by atoms with Gasteiger partial charge in [-0.2, -0.15) is 0 Å². The summed E-state index contributed by atoms with van der Waals surface area (Å²) in [5.74, 6) is 0.860. The van der Waals surface area contributed by atoms with Crippen molar-refractivity contribution in [1.29, 1.82) is 0 Å². The molecule has 0 fully saturated rings. The first-order chi connectivity index (χ1) is 11.2. The highest BCUT2D eigenvalue weighted by atomic mass is 16.1. The van der Waals surface area contributed by atoms with Gasteiger partial charge in [0, 0.05) is 24.4 Å². The molecule has 0 aliphatic carbocycles. The Labute approximate surface area is 134 Å². The Morgan fingerprint density at radius 2 is 1.91 bits per heavy atom. The van der Waals surface area contributed by atoms with E-state index in [0.29, 0.717) is 24.6 Å². The van der Waals surface area contributed by atoms with Gasteiger partial charge in [-0.25, -0.2) is 0 Å². The fourth-order valence-corrected chi connectivity index (χ4v) is 2.29. The predicted octanol–water partition coefficient (Wildman–Crippen LogP) is 2.75. The highest BCUT2D eigenvalue weighted by molar-refractivity contribution is 5.89. The maximum Gasteiger partial charge on any atom is 0.228 e. The number of carbonyl (C=O) groups excluding carboxylic acids is 1. The van der Waals surface area contributed by atoms with Gasteiger partial charge in [-0.05, 0) is 36.6 Å². The summed E-state index contributed by atoms with van der Waals surface area (Å²) in [5, 5.41) is 10.7. The molecule has 0 saturated heterocycles. The monoisotopic (exact) mass is 307 g/mol. The standard InChI is InChI=1S/C17H17N5O/c1-12-4-2-3-5-13(12)6-7-15(23)19-17-20-16(21-22-17)14-8-10-18-11-9-14/h2-5,8-11H,6-7H2,1H3,(H2,19,20,21,22,23). The fourth-order valence-electron chi connectivity index (χ4n) is 2.29. The lowest BCUT2D eigenvalue weighted by atomic mass is 10.0. The van der Waals surface area contributed by atoms with E-state index < -0.39 is 0 Å². The quantitative estimate of drug-likeness (QED) is 0.759. The third-order valence-electron chi connectivity index (χ3n) is 3.58.